The van der Waals surface area contributed by atoms with Crippen molar-refractivity contribution in [1.29, 1.82) is 0 Å². The summed E-state index contributed by atoms with van der Waals surface area (Å²) in [5.74, 6) is -1.22. The lowest BCUT2D eigenvalue weighted by molar-refractivity contribution is -0.130. The Labute approximate surface area is 188 Å². The second-order valence-corrected chi connectivity index (χ2v) is 8.72. The lowest BCUT2D eigenvalue weighted by atomic mass is 10.2. The molecule has 2 aliphatic heterocycles. The molecule has 150 valence electrons. The molecule has 2 aromatic carbocycles. The summed E-state index contributed by atoms with van der Waals surface area (Å²) >= 11 is 12.4. The molecule has 2 saturated heterocycles. The first-order chi connectivity index (χ1) is 14.5. The molecular formula is C22H15ClN2O3S2. The van der Waals surface area contributed by atoms with Crippen LogP contribution in [-0.2, 0) is 14.4 Å². The summed E-state index contributed by atoms with van der Waals surface area (Å²) < 4.78 is 0.267. The van der Waals surface area contributed by atoms with Gasteiger partial charge in [0.15, 0.2) is 0 Å². The number of amides is 3. The van der Waals surface area contributed by atoms with Crippen molar-refractivity contribution in [3.63, 3.8) is 0 Å². The molecule has 0 aliphatic carbocycles. The highest BCUT2D eigenvalue weighted by molar-refractivity contribution is 8.26. The van der Waals surface area contributed by atoms with Gasteiger partial charge in [0.1, 0.15) is 10.4 Å². The van der Waals surface area contributed by atoms with Gasteiger partial charge in [0.05, 0.1) is 17.0 Å². The van der Waals surface area contributed by atoms with Gasteiger partial charge in [0.25, 0.3) is 11.8 Å². The van der Waals surface area contributed by atoms with Crippen molar-refractivity contribution in [3.05, 3.63) is 82.2 Å². The van der Waals surface area contributed by atoms with E-state index in [1.807, 2.05) is 36.4 Å². The highest BCUT2D eigenvalue weighted by atomic mass is 35.5. The fourth-order valence-electron chi connectivity index (χ4n) is 3.25. The van der Waals surface area contributed by atoms with Crippen LogP contribution in [-0.4, -0.2) is 33.0 Å². The summed E-state index contributed by atoms with van der Waals surface area (Å²) in [7, 11) is 0. The van der Waals surface area contributed by atoms with Crippen LogP contribution < -0.4 is 4.90 Å². The fourth-order valence-corrected chi connectivity index (χ4v) is 4.69. The second-order valence-electron chi connectivity index (χ2n) is 6.61. The molecule has 2 aromatic rings. The topological polar surface area (TPSA) is 57.7 Å². The maximum absolute atomic E-state index is 13.0. The molecule has 0 aromatic heterocycles. The van der Waals surface area contributed by atoms with E-state index < -0.39 is 11.9 Å². The second kappa shape index (κ2) is 8.55. The van der Waals surface area contributed by atoms with Crippen LogP contribution in [0.1, 0.15) is 12.0 Å². The summed E-state index contributed by atoms with van der Waals surface area (Å²) in [4.78, 5) is 41.1. The fraction of sp³-hybridized carbons (Fsp3) is 0.0909. The first-order valence-electron chi connectivity index (χ1n) is 9.07. The van der Waals surface area contributed by atoms with Crippen molar-refractivity contribution < 1.29 is 14.4 Å². The predicted molar refractivity (Wildman–Crippen MR) is 123 cm³/mol. The number of benzene rings is 2. The Morgan fingerprint density at radius 1 is 1.03 bits per heavy atom. The Morgan fingerprint density at radius 2 is 1.73 bits per heavy atom. The summed E-state index contributed by atoms with van der Waals surface area (Å²) in [5.41, 5.74) is 1.42. The molecule has 5 nitrogen and oxygen atoms in total. The number of hydrogen-bond acceptors (Lipinski definition) is 5. The monoisotopic (exact) mass is 454 g/mol. The van der Waals surface area contributed by atoms with Gasteiger partial charge in [0, 0.05) is 5.02 Å². The van der Waals surface area contributed by atoms with E-state index in [0.717, 1.165) is 22.2 Å². The standard InChI is InChI=1S/C22H15ClN2O3S2/c23-15-9-11-16(12-10-15)24-19(26)13-17(20(24)27)25-21(28)18(30-22(25)29)8-4-7-14-5-2-1-3-6-14/h1-12,17H,13H2/b7-4+,18-8-/t17-/m0/s1. The maximum Gasteiger partial charge on any atom is 0.266 e. The Balaban J connectivity index is 1.53. The number of carbonyl (C=O) groups excluding carboxylic acids is 3. The van der Waals surface area contributed by atoms with E-state index in [0.29, 0.717) is 15.6 Å². The van der Waals surface area contributed by atoms with Crippen molar-refractivity contribution in [3.8, 4) is 0 Å². The molecule has 0 spiro atoms. The zero-order valence-electron chi connectivity index (χ0n) is 15.5. The third-order valence-electron chi connectivity index (χ3n) is 4.68. The van der Waals surface area contributed by atoms with Gasteiger partial charge in [-0.3, -0.25) is 19.3 Å². The zero-order chi connectivity index (χ0) is 21.3. The largest absolute Gasteiger partial charge is 0.280 e. The van der Waals surface area contributed by atoms with Crippen LogP contribution in [0.15, 0.2) is 71.7 Å². The number of allylic oxidation sites excluding steroid dienone is 2. The highest BCUT2D eigenvalue weighted by Gasteiger charge is 2.48. The first kappa shape index (κ1) is 20.5. The van der Waals surface area contributed by atoms with E-state index in [-0.39, 0.29) is 22.6 Å². The Hall–Kier alpha value is -2.74. The molecule has 0 bridgehead atoms. The van der Waals surface area contributed by atoms with Crippen molar-refractivity contribution in [1.82, 2.24) is 4.90 Å². The molecule has 0 unspecified atom stereocenters. The van der Waals surface area contributed by atoms with Gasteiger partial charge >= 0.3 is 0 Å². The average Bonchev–Trinajstić information content (AvgIpc) is 3.18. The molecule has 2 fully saturated rings. The van der Waals surface area contributed by atoms with Crippen LogP contribution in [0.5, 0.6) is 0 Å². The van der Waals surface area contributed by atoms with Gasteiger partial charge in [-0.25, -0.2) is 4.90 Å². The third-order valence-corrected chi connectivity index (χ3v) is 6.28. The minimum atomic E-state index is -0.940. The quantitative estimate of drug-likeness (QED) is 0.388. The van der Waals surface area contributed by atoms with Crippen molar-refractivity contribution in [2.45, 2.75) is 12.5 Å². The minimum absolute atomic E-state index is 0.110. The number of carbonyl (C=O) groups is 3. The Kier molecular flexibility index (Phi) is 5.85. The van der Waals surface area contributed by atoms with E-state index in [1.54, 1.807) is 36.4 Å². The molecular weight excluding hydrogens is 440 g/mol. The van der Waals surface area contributed by atoms with E-state index in [2.05, 4.69) is 0 Å². The molecule has 0 saturated carbocycles. The average molecular weight is 455 g/mol. The van der Waals surface area contributed by atoms with Gasteiger partial charge in [-0.2, -0.15) is 0 Å². The number of hydrogen-bond donors (Lipinski definition) is 0. The van der Waals surface area contributed by atoms with Crippen LogP contribution in [0.25, 0.3) is 6.08 Å². The van der Waals surface area contributed by atoms with Gasteiger partial charge in [-0.1, -0.05) is 78.1 Å². The number of thioether (sulfide) groups is 1. The van der Waals surface area contributed by atoms with E-state index in [9.17, 15) is 14.4 Å². The SMILES string of the molecule is O=C1C[C@H](N2C(=O)/C(=C/C=C/c3ccccc3)SC2=S)C(=O)N1c1ccc(Cl)cc1. The molecule has 1 atom stereocenters. The lowest BCUT2D eigenvalue weighted by Gasteiger charge is -2.21. The summed E-state index contributed by atoms with van der Waals surface area (Å²) in [6.45, 7) is 0. The number of thiocarbonyl (C=S) groups is 1. The van der Waals surface area contributed by atoms with Crippen LogP contribution >= 0.6 is 35.6 Å². The van der Waals surface area contributed by atoms with Gasteiger partial charge in [-0.15, -0.1) is 0 Å². The van der Waals surface area contributed by atoms with E-state index in [1.165, 1.54) is 4.90 Å². The number of halogens is 1. The lowest BCUT2D eigenvalue weighted by Crippen LogP contribution is -2.44. The Morgan fingerprint density at radius 3 is 2.43 bits per heavy atom. The predicted octanol–water partition coefficient (Wildman–Crippen LogP) is 4.43. The third kappa shape index (κ3) is 3.96. The molecule has 2 heterocycles. The molecule has 4 rings (SSSR count). The molecule has 30 heavy (non-hydrogen) atoms. The van der Waals surface area contributed by atoms with Crippen molar-refractivity contribution >= 4 is 69.4 Å². The normalized spacial score (nSPS) is 21.0. The van der Waals surface area contributed by atoms with Crippen LogP contribution in [0, 0.1) is 0 Å². The van der Waals surface area contributed by atoms with Crippen molar-refractivity contribution in [2.24, 2.45) is 0 Å². The molecule has 0 radical (unpaired) electrons. The number of nitrogens with zero attached hydrogens (tertiary/aromatic N) is 2. The minimum Gasteiger partial charge on any atom is -0.280 e. The smallest absolute Gasteiger partial charge is 0.266 e. The van der Waals surface area contributed by atoms with Crippen LogP contribution in [0.3, 0.4) is 0 Å². The molecule has 8 heteroatoms. The summed E-state index contributed by atoms with van der Waals surface area (Å²) in [6.07, 6.45) is 5.20. The molecule has 3 amide bonds. The van der Waals surface area contributed by atoms with Crippen LogP contribution in [0.4, 0.5) is 5.69 Å². The zero-order valence-corrected chi connectivity index (χ0v) is 17.9. The van der Waals surface area contributed by atoms with Gasteiger partial charge < -0.3 is 0 Å². The number of imide groups is 1. The molecule has 0 N–H and O–H groups in total. The maximum atomic E-state index is 13.0. The van der Waals surface area contributed by atoms with E-state index in [4.69, 9.17) is 23.8 Å². The molecule has 2 aliphatic rings. The van der Waals surface area contributed by atoms with Crippen molar-refractivity contribution in [2.75, 3.05) is 4.90 Å². The Bertz CT molecular complexity index is 1100. The van der Waals surface area contributed by atoms with Gasteiger partial charge in [-0.05, 0) is 35.9 Å². The summed E-state index contributed by atoms with van der Waals surface area (Å²) in [6, 6.07) is 15.1. The van der Waals surface area contributed by atoms with Gasteiger partial charge in [0.2, 0.25) is 5.91 Å². The van der Waals surface area contributed by atoms with Crippen LogP contribution in [0.2, 0.25) is 5.02 Å². The summed E-state index contributed by atoms with van der Waals surface area (Å²) in [5, 5.41) is 0.500. The first-order valence-corrected chi connectivity index (χ1v) is 10.7. The number of anilines is 1. The highest BCUT2D eigenvalue weighted by Crippen LogP contribution is 2.36. The number of rotatable bonds is 4. The van der Waals surface area contributed by atoms with E-state index >= 15 is 0 Å².